The highest BCUT2D eigenvalue weighted by atomic mass is 32.2. The number of amides is 1. The minimum Gasteiger partial charge on any atom is -0.495 e. The van der Waals surface area contributed by atoms with Crippen molar-refractivity contribution in [3.05, 3.63) is 78.6 Å². The summed E-state index contributed by atoms with van der Waals surface area (Å²) in [6.45, 7) is 1.47. The number of nitrogens with one attached hydrogen (secondary N) is 1. The first-order chi connectivity index (χ1) is 18.4. The highest BCUT2D eigenvalue weighted by Gasteiger charge is 2.26. The monoisotopic (exact) mass is 532 g/mol. The van der Waals surface area contributed by atoms with Crippen LogP contribution in [0.25, 0.3) is 22.2 Å². The lowest BCUT2D eigenvalue weighted by molar-refractivity contribution is 0.0819. The van der Waals surface area contributed by atoms with E-state index in [1.165, 1.54) is 19.2 Å². The van der Waals surface area contributed by atoms with Gasteiger partial charge in [-0.1, -0.05) is 18.2 Å². The highest BCUT2D eigenvalue weighted by Crippen LogP contribution is 2.31. The average molecular weight is 533 g/mol. The Morgan fingerprint density at radius 3 is 2.53 bits per heavy atom. The lowest BCUT2D eigenvalue weighted by Crippen LogP contribution is -2.37. The second-order valence-corrected chi connectivity index (χ2v) is 10.6. The molecule has 1 aliphatic rings. The fraction of sp³-hybridized carbons (Fsp3) is 0.250. The number of pyridine rings is 2. The Morgan fingerprint density at radius 1 is 1.00 bits per heavy atom. The molecule has 0 radical (unpaired) electrons. The second-order valence-electron chi connectivity index (χ2n) is 8.98. The molecule has 2 aromatic heterocycles. The normalized spacial score (nSPS) is 14.4. The molecule has 0 aliphatic carbocycles. The number of fused-ring (bicyclic) bond motifs is 1. The fourth-order valence-corrected chi connectivity index (χ4v) is 5.83. The summed E-state index contributed by atoms with van der Waals surface area (Å²) in [4.78, 5) is 23.9. The number of hydrogen-bond donors (Lipinski definition) is 1. The molecule has 1 N–H and O–H groups in total. The van der Waals surface area contributed by atoms with Crippen molar-refractivity contribution in [1.29, 1.82) is 0 Å². The van der Waals surface area contributed by atoms with Crippen molar-refractivity contribution in [2.24, 2.45) is 0 Å². The van der Waals surface area contributed by atoms with E-state index in [0.717, 1.165) is 48.3 Å². The summed E-state index contributed by atoms with van der Waals surface area (Å²) in [7, 11) is -1.17. The van der Waals surface area contributed by atoms with Crippen molar-refractivity contribution in [1.82, 2.24) is 14.7 Å². The van der Waals surface area contributed by atoms with E-state index >= 15 is 0 Å². The maximum Gasteiger partial charge on any atom is 0.283 e. The maximum absolute atomic E-state index is 13.3. The lowest BCUT2D eigenvalue weighted by Gasteiger charge is -2.33. The molecule has 0 bridgehead atoms. The molecule has 0 saturated carbocycles. The van der Waals surface area contributed by atoms with Crippen LogP contribution in [-0.4, -0.2) is 57.7 Å². The molecule has 4 aromatic rings. The summed E-state index contributed by atoms with van der Waals surface area (Å²) in [5.74, 6) is -0.684. The third kappa shape index (κ3) is 5.18. The molecular weight excluding hydrogens is 504 g/mol. The molecule has 1 saturated heterocycles. The van der Waals surface area contributed by atoms with Crippen molar-refractivity contribution >= 4 is 32.5 Å². The standard InChI is InChI=1S/C28H28N4O5S/c1-36-20-13-16-32(17-14-20)19-9-12-26(37-2)27(18-19)38(34,35)31-28(33)25-11-10-22-21(6-5-8-24(22)30-25)23-7-3-4-15-29-23/h3-12,15,18,20H,13-14,16-17H2,1-2H3,(H,31,33). The molecule has 38 heavy (non-hydrogen) atoms. The van der Waals surface area contributed by atoms with E-state index < -0.39 is 15.9 Å². The van der Waals surface area contributed by atoms with E-state index in [4.69, 9.17) is 9.47 Å². The Balaban J connectivity index is 1.41. The van der Waals surface area contributed by atoms with Crippen LogP contribution in [0, 0.1) is 0 Å². The van der Waals surface area contributed by atoms with E-state index in [1.54, 1.807) is 31.5 Å². The van der Waals surface area contributed by atoms with Crippen molar-refractivity contribution in [3.63, 3.8) is 0 Å². The molecule has 0 unspecified atom stereocenters. The van der Waals surface area contributed by atoms with Crippen LogP contribution in [0.2, 0.25) is 0 Å². The Labute approximate surface area is 221 Å². The van der Waals surface area contributed by atoms with E-state index in [9.17, 15) is 13.2 Å². The van der Waals surface area contributed by atoms with Gasteiger partial charge >= 0.3 is 0 Å². The molecule has 1 fully saturated rings. The Morgan fingerprint density at radius 2 is 1.82 bits per heavy atom. The number of hydrogen-bond acceptors (Lipinski definition) is 8. The first-order valence-corrected chi connectivity index (χ1v) is 13.7. The smallest absolute Gasteiger partial charge is 0.283 e. The quantitative estimate of drug-likeness (QED) is 0.380. The number of anilines is 1. The first-order valence-electron chi connectivity index (χ1n) is 12.2. The summed E-state index contributed by atoms with van der Waals surface area (Å²) >= 11 is 0. The lowest BCUT2D eigenvalue weighted by atomic mass is 10.0. The van der Waals surface area contributed by atoms with Crippen LogP contribution in [0.1, 0.15) is 23.3 Å². The predicted octanol–water partition coefficient (Wildman–Crippen LogP) is 4.04. The molecule has 0 atom stereocenters. The summed E-state index contributed by atoms with van der Waals surface area (Å²) in [5.41, 5.74) is 2.91. The van der Waals surface area contributed by atoms with Gasteiger partial charge in [0.25, 0.3) is 15.9 Å². The summed E-state index contributed by atoms with van der Waals surface area (Å²) < 4.78 is 39.6. The van der Waals surface area contributed by atoms with E-state index in [-0.39, 0.29) is 22.4 Å². The van der Waals surface area contributed by atoms with Crippen LogP contribution in [-0.2, 0) is 14.8 Å². The van der Waals surface area contributed by atoms with E-state index in [1.807, 2.05) is 36.4 Å². The number of rotatable bonds is 7. The van der Waals surface area contributed by atoms with Crippen LogP contribution in [0.3, 0.4) is 0 Å². The molecule has 3 heterocycles. The molecule has 5 rings (SSSR count). The van der Waals surface area contributed by atoms with Gasteiger partial charge in [0.1, 0.15) is 16.3 Å². The Kier molecular flexibility index (Phi) is 7.26. The minimum absolute atomic E-state index is 0.0176. The summed E-state index contributed by atoms with van der Waals surface area (Å²) in [5, 5.41) is 0.803. The highest BCUT2D eigenvalue weighted by molar-refractivity contribution is 7.90. The number of carbonyl (C=O) groups excluding carboxylic acids is 1. The van der Waals surface area contributed by atoms with Gasteiger partial charge in [-0.05, 0) is 61.4 Å². The molecule has 10 heteroatoms. The number of piperidine rings is 1. The molecular formula is C28H28N4O5S. The van der Waals surface area contributed by atoms with E-state index in [2.05, 4.69) is 19.6 Å². The number of nitrogens with zero attached hydrogens (tertiary/aromatic N) is 3. The zero-order valence-corrected chi connectivity index (χ0v) is 21.9. The third-order valence-electron chi connectivity index (χ3n) is 6.71. The van der Waals surface area contributed by atoms with Gasteiger partial charge in [-0.15, -0.1) is 0 Å². The zero-order chi connectivity index (χ0) is 26.7. The minimum atomic E-state index is -4.26. The van der Waals surface area contributed by atoms with Crippen molar-refractivity contribution in [2.45, 2.75) is 23.8 Å². The van der Waals surface area contributed by atoms with Gasteiger partial charge in [0, 0.05) is 43.0 Å². The van der Waals surface area contributed by atoms with Crippen LogP contribution in [0.5, 0.6) is 5.75 Å². The number of aromatic nitrogens is 2. The molecule has 1 amide bonds. The second kappa shape index (κ2) is 10.8. The Hall–Kier alpha value is -4.02. The molecule has 2 aromatic carbocycles. The maximum atomic E-state index is 13.3. The summed E-state index contributed by atoms with van der Waals surface area (Å²) in [6.07, 6.45) is 3.59. The number of ether oxygens (including phenoxy) is 2. The average Bonchev–Trinajstić information content (AvgIpc) is 2.96. The number of carbonyl (C=O) groups is 1. The van der Waals surface area contributed by atoms with Gasteiger partial charge < -0.3 is 14.4 Å². The SMILES string of the molecule is COc1ccc(N2CCC(OC)CC2)cc1S(=O)(=O)NC(=O)c1ccc2c(-c3ccccn3)cccc2n1. The van der Waals surface area contributed by atoms with Gasteiger partial charge in [-0.25, -0.2) is 18.1 Å². The van der Waals surface area contributed by atoms with Crippen molar-refractivity contribution in [3.8, 4) is 17.0 Å². The van der Waals surface area contributed by atoms with Crippen LogP contribution < -0.4 is 14.4 Å². The molecule has 1 aliphatic heterocycles. The number of benzene rings is 2. The predicted molar refractivity (Wildman–Crippen MR) is 145 cm³/mol. The van der Waals surface area contributed by atoms with Crippen LogP contribution in [0.4, 0.5) is 5.69 Å². The number of methoxy groups -OCH3 is 2. The first kappa shape index (κ1) is 25.6. The molecule has 9 nitrogen and oxygen atoms in total. The summed E-state index contributed by atoms with van der Waals surface area (Å²) in [6, 6.07) is 19.4. The van der Waals surface area contributed by atoms with Crippen LogP contribution in [0.15, 0.2) is 77.8 Å². The number of sulfonamides is 1. The third-order valence-corrected chi connectivity index (χ3v) is 8.06. The largest absolute Gasteiger partial charge is 0.495 e. The van der Waals surface area contributed by atoms with Gasteiger partial charge in [0.05, 0.1) is 24.4 Å². The fourth-order valence-electron chi connectivity index (χ4n) is 4.68. The van der Waals surface area contributed by atoms with E-state index in [0.29, 0.717) is 5.52 Å². The topological polar surface area (TPSA) is 111 Å². The molecule has 0 spiro atoms. The van der Waals surface area contributed by atoms with Crippen molar-refractivity contribution in [2.75, 3.05) is 32.2 Å². The van der Waals surface area contributed by atoms with Gasteiger partial charge in [-0.2, -0.15) is 0 Å². The van der Waals surface area contributed by atoms with Gasteiger partial charge in [0.2, 0.25) is 0 Å². The zero-order valence-electron chi connectivity index (χ0n) is 21.1. The van der Waals surface area contributed by atoms with Crippen molar-refractivity contribution < 1.29 is 22.7 Å². The van der Waals surface area contributed by atoms with Gasteiger partial charge in [0.15, 0.2) is 0 Å². The van der Waals surface area contributed by atoms with Gasteiger partial charge in [-0.3, -0.25) is 9.78 Å². The Bertz CT molecular complexity index is 1570. The van der Waals surface area contributed by atoms with Crippen LogP contribution >= 0.6 is 0 Å². The molecule has 196 valence electrons.